The van der Waals surface area contributed by atoms with Crippen LogP contribution in [-0.4, -0.2) is 42.7 Å². The predicted octanol–water partition coefficient (Wildman–Crippen LogP) is 2.65. The number of hydrogen-bond acceptors (Lipinski definition) is 5. The lowest BCUT2D eigenvalue weighted by Crippen LogP contribution is -2.32. The van der Waals surface area contributed by atoms with Crippen molar-refractivity contribution in [1.82, 2.24) is 0 Å². The molecule has 0 fully saturated rings. The van der Waals surface area contributed by atoms with Crippen LogP contribution in [0.2, 0.25) is 0 Å². The van der Waals surface area contributed by atoms with Gasteiger partial charge in [-0.3, -0.25) is 9.79 Å². The largest absolute Gasteiger partial charge is 0.497 e. The molecule has 27 heavy (non-hydrogen) atoms. The lowest BCUT2D eigenvalue weighted by Gasteiger charge is -2.14. The zero-order valence-corrected chi connectivity index (χ0v) is 15.1. The van der Waals surface area contributed by atoms with E-state index < -0.39 is 5.92 Å². The number of carbonyl (C=O) groups excluding carboxylic acids is 1. The SMILES string of the molecule is COc1ccc(C2=NN(c3ccc(F)cc3)C(=O)C2C(C)=NCCO)cc1. The number of ether oxygens (including phenoxy) is 1. The summed E-state index contributed by atoms with van der Waals surface area (Å²) in [6.45, 7) is 1.85. The standard InChI is InChI=1S/C20H20FN3O3/c1-13(22-11-12-25)18-19(14-3-9-17(27-2)10-4-14)23-24(20(18)26)16-7-5-15(21)6-8-16/h3-10,18,25H,11-12H2,1-2H3. The molecule has 1 heterocycles. The van der Waals surface area contributed by atoms with Gasteiger partial charge in [-0.25, -0.2) is 4.39 Å². The topological polar surface area (TPSA) is 74.5 Å². The molecule has 1 amide bonds. The van der Waals surface area contributed by atoms with Crippen LogP contribution in [0.15, 0.2) is 58.6 Å². The monoisotopic (exact) mass is 369 g/mol. The van der Waals surface area contributed by atoms with Gasteiger partial charge in [0, 0.05) is 5.71 Å². The number of hydrazone groups is 1. The van der Waals surface area contributed by atoms with Crippen LogP contribution in [0.3, 0.4) is 0 Å². The molecule has 0 aliphatic carbocycles. The van der Waals surface area contributed by atoms with E-state index in [0.717, 1.165) is 5.56 Å². The number of carbonyl (C=O) groups is 1. The van der Waals surface area contributed by atoms with Gasteiger partial charge in [-0.15, -0.1) is 0 Å². The molecule has 1 atom stereocenters. The van der Waals surface area contributed by atoms with Crippen LogP contribution in [0.5, 0.6) is 5.75 Å². The van der Waals surface area contributed by atoms with Crippen molar-refractivity contribution in [2.45, 2.75) is 6.92 Å². The summed E-state index contributed by atoms with van der Waals surface area (Å²) >= 11 is 0. The van der Waals surface area contributed by atoms with Gasteiger partial charge in [-0.1, -0.05) is 0 Å². The molecule has 6 nitrogen and oxygen atoms in total. The van der Waals surface area contributed by atoms with Crippen LogP contribution >= 0.6 is 0 Å². The Morgan fingerprint density at radius 3 is 2.48 bits per heavy atom. The van der Waals surface area contributed by atoms with Crippen molar-refractivity contribution in [1.29, 1.82) is 0 Å². The van der Waals surface area contributed by atoms with Crippen LogP contribution in [0.1, 0.15) is 12.5 Å². The number of amides is 1. The second-order valence-corrected chi connectivity index (χ2v) is 6.02. The Morgan fingerprint density at radius 2 is 1.89 bits per heavy atom. The number of nitrogens with zero attached hydrogens (tertiary/aromatic N) is 3. The molecule has 0 bridgehead atoms. The molecule has 1 aliphatic heterocycles. The van der Waals surface area contributed by atoms with E-state index >= 15 is 0 Å². The summed E-state index contributed by atoms with van der Waals surface area (Å²) < 4.78 is 18.4. The average Bonchev–Trinajstić information content (AvgIpc) is 3.04. The van der Waals surface area contributed by atoms with Crippen molar-refractivity contribution in [2.24, 2.45) is 16.0 Å². The number of halogens is 1. The van der Waals surface area contributed by atoms with Crippen molar-refractivity contribution < 1.29 is 19.0 Å². The summed E-state index contributed by atoms with van der Waals surface area (Å²) in [7, 11) is 1.58. The molecule has 1 aliphatic rings. The molecule has 1 unspecified atom stereocenters. The summed E-state index contributed by atoms with van der Waals surface area (Å²) in [5.41, 5.74) is 2.35. The van der Waals surface area contributed by atoms with Crippen molar-refractivity contribution in [3.63, 3.8) is 0 Å². The number of benzene rings is 2. The summed E-state index contributed by atoms with van der Waals surface area (Å²) in [4.78, 5) is 17.3. The lowest BCUT2D eigenvalue weighted by molar-refractivity contribution is -0.118. The van der Waals surface area contributed by atoms with Crippen molar-refractivity contribution in [3.8, 4) is 5.75 Å². The molecule has 0 saturated heterocycles. The van der Waals surface area contributed by atoms with E-state index in [9.17, 15) is 9.18 Å². The Hall–Kier alpha value is -3.06. The average molecular weight is 369 g/mol. The van der Waals surface area contributed by atoms with Gasteiger partial charge in [0.1, 0.15) is 17.5 Å². The first-order chi connectivity index (χ1) is 13.0. The first kappa shape index (κ1) is 18.7. The molecule has 0 radical (unpaired) electrons. The molecule has 2 aromatic carbocycles. The van der Waals surface area contributed by atoms with E-state index in [0.29, 0.717) is 22.9 Å². The van der Waals surface area contributed by atoms with E-state index in [1.807, 2.05) is 12.1 Å². The molecule has 0 aromatic heterocycles. The third-order valence-corrected chi connectivity index (χ3v) is 4.27. The molecular formula is C20H20FN3O3. The third-order valence-electron chi connectivity index (χ3n) is 4.27. The summed E-state index contributed by atoms with van der Waals surface area (Å²) in [5.74, 6) is -0.634. The minimum Gasteiger partial charge on any atom is -0.497 e. The second kappa shape index (κ2) is 8.09. The Morgan fingerprint density at radius 1 is 1.22 bits per heavy atom. The summed E-state index contributed by atoms with van der Waals surface area (Å²) in [5, 5.41) is 14.8. The first-order valence-electron chi connectivity index (χ1n) is 8.49. The molecule has 140 valence electrons. The van der Waals surface area contributed by atoms with Gasteiger partial charge in [-0.2, -0.15) is 10.1 Å². The Kier molecular flexibility index (Phi) is 5.61. The molecule has 0 spiro atoms. The molecular weight excluding hydrogens is 349 g/mol. The van der Waals surface area contributed by atoms with Crippen molar-refractivity contribution in [3.05, 3.63) is 59.9 Å². The van der Waals surface area contributed by atoms with Crippen LogP contribution in [0.4, 0.5) is 10.1 Å². The number of anilines is 1. The third kappa shape index (κ3) is 3.88. The molecule has 2 aromatic rings. The number of aliphatic hydroxyl groups excluding tert-OH is 1. The summed E-state index contributed by atoms with van der Waals surface area (Å²) in [6.07, 6.45) is 0. The minimum absolute atomic E-state index is 0.102. The Balaban J connectivity index is 2.03. The van der Waals surface area contributed by atoms with Crippen molar-refractivity contribution >= 4 is 23.0 Å². The molecule has 0 saturated carbocycles. The number of methoxy groups -OCH3 is 1. The minimum atomic E-state index is -0.671. The van der Waals surface area contributed by atoms with E-state index in [-0.39, 0.29) is 24.9 Å². The maximum Gasteiger partial charge on any atom is 0.262 e. The quantitative estimate of drug-likeness (QED) is 0.796. The van der Waals surface area contributed by atoms with Crippen LogP contribution < -0.4 is 9.75 Å². The normalized spacial score (nSPS) is 17.3. The summed E-state index contributed by atoms with van der Waals surface area (Å²) in [6, 6.07) is 12.8. The zero-order valence-electron chi connectivity index (χ0n) is 15.1. The number of hydrogen-bond donors (Lipinski definition) is 1. The maximum absolute atomic E-state index is 13.2. The Labute approximate surface area is 156 Å². The van der Waals surface area contributed by atoms with Crippen molar-refractivity contribution in [2.75, 3.05) is 25.3 Å². The van der Waals surface area contributed by atoms with Gasteiger partial charge in [0.05, 0.1) is 31.7 Å². The van der Waals surface area contributed by atoms with Gasteiger partial charge < -0.3 is 9.84 Å². The maximum atomic E-state index is 13.2. The van der Waals surface area contributed by atoms with Crippen LogP contribution in [0, 0.1) is 11.7 Å². The van der Waals surface area contributed by atoms with E-state index in [1.54, 1.807) is 26.2 Å². The van der Waals surface area contributed by atoms with Gasteiger partial charge in [-0.05, 0) is 61.0 Å². The fourth-order valence-corrected chi connectivity index (χ4v) is 2.90. The first-order valence-corrected chi connectivity index (χ1v) is 8.49. The fourth-order valence-electron chi connectivity index (χ4n) is 2.90. The van der Waals surface area contributed by atoms with E-state index in [2.05, 4.69) is 10.1 Å². The molecule has 1 N–H and O–H groups in total. The Bertz CT molecular complexity index is 876. The molecule has 7 heteroatoms. The number of aliphatic hydroxyl groups is 1. The smallest absolute Gasteiger partial charge is 0.262 e. The van der Waals surface area contributed by atoms with Gasteiger partial charge in [0.25, 0.3) is 5.91 Å². The highest BCUT2D eigenvalue weighted by Crippen LogP contribution is 2.28. The number of aliphatic imine (C=N–C) groups is 1. The lowest BCUT2D eigenvalue weighted by atomic mass is 9.93. The van der Waals surface area contributed by atoms with Crippen LogP contribution in [0.25, 0.3) is 0 Å². The fraction of sp³-hybridized carbons (Fsp3) is 0.250. The van der Waals surface area contributed by atoms with Crippen LogP contribution in [-0.2, 0) is 4.79 Å². The highest BCUT2D eigenvalue weighted by atomic mass is 19.1. The zero-order chi connectivity index (χ0) is 19.4. The van der Waals surface area contributed by atoms with Gasteiger partial charge >= 0.3 is 0 Å². The molecule has 3 rings (SSSR count). The van der Waals surface area contributed by atoms with E-state index in [4.69, 9.17) is 9.84 Å². The van der Waals surface area contributed by atoms with Gasteiger partial charge in [0.15, 0.2) is 0 Å². The highest BCUT2D eigenvalue weighted by molar-refractivity contribution is 6.32. The predicted molar refractivity (Wildman–Crippen MR) is 102 cm³/mol. The number of rotatable bonds is 6. The van der Waals surface area contributed by atoms with Gasteiger partial charge in [0.2, 0.25) is 0 Å². The van der Waals surface area contributed by atoms with E-state index in [1.165, 1.54) is 29.3 Å². The second-order valence-electron chi connectivity index (χ2n) is 6.02. The highest BCUT2D eigenvalue weighted by Gasteiger charge is 2.39.